The van der Waals surface area contributed by atoms with Crippen molar-refractivity contribution in [2.24, 2.45) is 0 Å². The Balaban J connectivity index is -0.000000596. The van der Waals surface area contributed by atoms with Gasteiger partial charge in [0.15, 0.2) is 0 Å². The zero-order valence-corrected chi connectivity index (χ0v) is 25.2. The molecule has 1 N–H and O–H groups in total. The van der Waals surface area contributed by atoms with E-state index in [1.807, 2.05) is 0 Å². The molecule has 0 aliphatic carbocycles. The van der Waals surface area contributed by atoms with Gasteiger partial charge in [-0.05, 0) is 32.1 Å². The first-order chi connectivity index (χ1) is 15.7. The van der Waals surface area contributed by atoms with E-state index in [0.29, 0.717) is 6.42 Å². The van der Waals surface area contributed by atoms with Crippen molar-refractivity contribution in [3.8, 4) is 0 Å². The van der Waals surface area contributed by atoms with E-state index in [4.69, 9.17) is 5.11 Å². The minimum Gasteiger partial charge on any atom is -0.481 e. The monoisotopic (exact) mass is 474 g/mol. The topological polar surface area (TPSA) is 37.3 Å². The molecule has 0 saturated carbocycles. The van der Waals surface area contributed by atoms with Crippen LogP contribution in [0.5, 0.6) is 0 Å². The van der Waals surface area contributed by atoms with Crippen LogP contribution in [0, 0.1) is 6.92 Å². The minimum absolute atomic E-state index is 0. The third-order valence-corrected chi connectivity index (χ3v) is 6.01. The molecule has 0 amide bonds. The number of carboxylic acid groups (broad SMARTS) is 1. The summed E-state index contributed by atoms with van der Waals surface area (Å²) in [6.07, 6.45) is 35.1. The van der Waals surface area contributed by atoms with Gasteiger partial charge in [0.05, 0.1) is 0 Å². The van der Waals surface area contributed by atoms with Gasteiger partial charge in [-0.3, -0.25) is 4.79 Å². The number of allylic oxidation sites excluding steroid dienone is 2. The van der Waals surface area contributed by atoms with Gasteiger partial charge in [0.1, 0.15) is 0 Å². The van der Waals surface area contributed by atoms with Gasteiger partial charge in [0.25, 0.3) is 0 Å². The van der Waals surface area contributed by atoms with E-state index < -0.39 is 5.97 Å². The van der Waals surface area contributed by atoms with E-state index in [2.05, 4.69) is 32.9 Å². The number of carboxylic acids is 1. The Labute approximate surface area is 231 Å². The third kappa shape index (κ3) is 42.8. The summed E-state index contributed by atoms with van der Waals surface area (Å²) in [6, 6.07) is 0. The Morgan fingerprint density at radius 3 is 1.27 bits per heavy atom. The molecule has 0 aromatic carbocycles. The third-order valence-electron chi connectivity index (χ3n) is 6.01. The fraction of sp³-hybridized carbons (Fsp3) is 0.867. The summed E-state index contributed by atoms with van der Waals surface area (Å²) in [7, 11) is 0. The van der Waals surface area contributed by atoms with Gasteiger partial charge < -0.3 is 12.0 Å². The second kappa shape index (κ2) is 36.8. The number of hydrogen-bond acceptors (Lipinski definition) is 1. The van der Waals surface area contributed by atoms with Gasteiger partial charge in [-0.15, -0.1) is 0 Å². The first-order valence-electron chi connectivity index (χ1n) is 14.3. The molecule has 0 aromatic heterocycles. The quantitative estimate of drug-likeness (QED) is 0.0669. The van der Waals surface area contributed by atoms with Crippen LogP contribution in [0.2, 0.25) is 0 Å². The average molecular weight is 475 g/mol. The van der Waals surface area contributed by atoms with E-state index in [0.717, 1.165) is 19.3 Å². The van der Waals surface area contributed by atoms with Crippen LogP contribution in [-0.2, 0) is 4.79 Å². The molecule has 2 nitrogen and oxygen atoms in total. The van der Waals surface area contributed by atoms with Crippen LogP contribution in [0.1, 0.15) is 168 Å². The molecule has 0 bridgehead atoms. The summed E-state index contributed by atoms with van der Waals surface area (Å²) in [5.41, 5.74) is 0. The van der Waals surface area contributed by atoms with Crippen molar-refractivity contribution in [2.45, 2.75) is 168 Å². The summed E-state index contributed by atoms with van der Waals surface area (Å²) in [5.74, 6) is -0.664. The van der Waals surface area contributed by atoms with Crippen LogP contribution in [-0.4, -0.2) is 11.1 Å². The molecule has 0 aromatic rings. The number of aliphatic carboxylic acids is 1. The Bertz CT molecular complexity index is 358. The van der Waals surface area contributed by atoms with E-state index in [1.165, 1.54) is 128 Å². The zero-order chi connectivity index (χ0) is 24.0. The first kappa shape index (κ1) is 37.8. The standard InChI is InChI=1S/C18H34O2.C12H25.Na/c1-2-3-4-5-6-7-8-9-10-11-12-13-14-15-16-17-18(19)20;1-3-5-7-9-11-12-10-8-6-4-2;/h9-10H,2-8,11-17H2,1H3,(H,19,20);1,3-12H2,2H3;/q;-1;+1/b10-9-;;. The second-order valence-corrected chi connectivity index (χ2v) is 9.41. The van der Waals surface area contributed by atoms with Gasteiger partial charge in [-0.2, -0.15) is 6.42 Å². The van der Waals surface area contributed by atoms with Crippen LogP contribution < -0.4 is 29.6 Å². The second-order valence-electron chi connectivity index (χ2n) is 9.41. The molecule has 0 unspecified atom stereocenters. The molecule has 192 valence electrons. The molecule has 0 saturated heterocycles. The molecule has 0 rings (SSSR count). The molecule has 0 heterocycles. The van der Waals surface area contributed by atoms with Crippen LogP contribution in [0.25, 0.3) is 0 Å². The minimum atomic E-state index is -0.664. The first-order valence-corrected chi connectivity index (χ1v) is 14.3. The molecule has 0 atom stereocenters. The van der Waals surface area contributed by atoms with Gasteiger partial charge in [-0.1, -0.05) is 135 Å². The van der Waals surface area contributed by atoms with Crippen molar-refractivity contribution in [1.29, 1.82) is 0 Å². The fourth-order valence-corrected chi connectivity index (χ4v) is 3.83. The van der Waals surface area contributed by atoms with E-state index >= 15 is 0 Å². The Kier molecular flexibility index (Phi) is 42.1. The van der Waals surface area contributed by atoms with Crippen LogP contribution in [0.4, 0.5) is 0 Å². The summed E-state index contributed by atoms with van der Waals surface area (Å²) >= 11 is 0. The number of carbonyl (C=O) groups is 1. The largest absolute Gasteiger partial charge is 1.00 e. The molecule has 0 radical (unpaired) electrons. The van der Waals surface area contributed by atoms with Crippen molar-refractivity contribution in [1.82, 2.24) is 0 Å². The fourth-order valence-electron chi connectivity index (χ4n) is 3.83. The Morgan fingerprint density at radius 2 is 0.909 bits per heavy atom. The predicted molar refractivity (Wildman–Crippen MR) is 144 cm³/mol. The number of unbranched alkanes of at least 4 members (excludes halogenated alkanes) is 20. The summed E-state index contributed by atoms with van der Waals surface area (Å²) in [5, 5.41) is 8.51. The molecule has 0 aliphatic rings. The maximum Gasteiger partial charge on any atom is 1.00 e. The molecule has 0 spiro atoms. The average Bonchev–Trinajstić information content (AvgIpc) is 2.78. The zero-order valence-electron chi connectivity index (χ0n) is 23.2. The van der Waals surface area contributed by atoms with Crippen LogP contribution in [0.15, 0.2) is 12.2 Å². The summed E-state index contributed by atoms with van der Waals surface area (Å²) in [6.45, 7) is 8.37. The van der Waals surface area contributed by atoms with Gasteiger partial charge in [0.2, 0.25) is 0 Å². The number of rotatable bonds is 24. The van der Waals surface area contributed by atoms with Crippen molar-refractivity contribution >= 4 is 5.97 Å². The molecule has 3 heteroatoms. The van der Waals surface area contributed by atoms with Crippen molar-refractivity contribution < 1.29 is 39.5 Å². The SMILES string of the molecule is CCCCCCCC/C=C\CCCCCCCC(=O)O.[CH2-]CCCCCCCCCCC.[Na+]. The van der Waals surface area contributed by atoms with E-state index in [1.54, 1.807) is 0 Å². The van der Waals surface area contributed by atoms with Crippen LogP contribution in [0.3, 0.4) is 0 Å². The molecular weight excluding hydrogens is 415 g/mol. The molecular formula is C30H59NaO2. The normalized spacial score (nSPS) is 10.6. The van der Waals surface area contributed by atoms with Gasteiger partial charge >= 0.3 is 35.5 Å². The summed E-state index contributed by atoms with van der Waals surface area (Å²) in [4.78, 5) is 10.3. The maximum absolute atomic E-state index is 10.3. The van der Waals surface area contributed by atoms with Crippen LogP contribution >= 0.6 is 0 Å². The Hall–Kier alpha value is 0.210. The molecule has 33 heavy (non-hydrogen) atoms. The maximum atomic E-state index is 10.3. The smallest absolute Gasteiger partial charge is 0.481 e. The van der Waals surface area contributed by atoms with Crippen molar-refractivity contribution in [3.05, 3.63) is 19.1 Å². The van der Waals surface area contributed by atoms with Crippen molar-refractivity contribution in [2.75, 3.05) is 0 Å². The van der Waals surface area contributed by atoms with E-state index in [9.17, 15) is 4.79 Å². The van der Waals surface area contributed by atoms with Crippen molar-refractivity contribution in [3.63, 3.8) is 0 Å². The van der Waals surface area contributed by atoms with E-state index in [-0.39, 0.29) is 29.6 Å². The number of hydrogen-bond donors (Lipinski definition) is 1. The predicted octanol–water partition coefficient (Wildman–Crippen LogP) is 7.85. The molecule has 0 fully saturated rings. The molecule has 0 aliphatic heterocycles. The van der Waals surface area contributed by atoms with Gasteiger partial charge in [0, 0.05) is 6.42 Å². The van der Waals surface area contributed by atoms with Gasteiger partial charge in [-0.25, -0.2) is 0 Å². The summed E-state index contributed by atoms with van der Waals surface area (Å²) < 4.78 is 0. The Morgan fingerprint density at radius 1 is 0.576 bits per heavy atom.